The fourth-order valence-corrected chi connectivity index (χ4v) is 3.16. The molecule has 0 bridgehead atoms. The Labute approximate surface area is 140 Å². The summed E-state index contributed by atoms with van der Waals surface area (Å²) in [7, 11) is -3.72. The molecule has 0 saturated heterocycles. The van der Waals surface area contributed by atoms with E-state index in [0.717, 1.165) is 5.69 Å². The summed E-state index contributed by atoms with van der Waals surface area (Å²) in [6, 6.07) is 11.6. The summed E-state index contributed by atoms with van der Waals surface area (Å²) in [5, 5.41) is 4.42. The Hall–Kier alpha value is -2.74. The largest absolute Gasteiger partial charge is 0.263 e. The Morgan fingerprint density at radius 1 is 1.04 bits per heavy atom. The fourth-order valence-electron chi connectivity index (χ4n) is 2.10. The van der Waals surface area contributed by atoms with Gasteiger partial charge in [-0.2, -0.15) is 9.78 Å². The van der Waals surface area contributed by atoms with Crippen LogP contribution in [0.3, 0.4) is 0 Å². The van der Waals surface area contributed by atoms with Gasteiger partial charge in [-0.05, 0) is 24.1 Å². The molecule has 2 heterocycles. The molecule has 24 heavy (non-hydrogen) atoms. The van der Waals surface area contributed by atoms with E-state index in [1.807, 2.05) is 13.8 Å². The Bertz CT molecular complexity index is 922. The van der Waals surface area contributed by atoms with E-state index in [-0.39, 0.29) is 10.8 Å². The first-order chi connectivity index (χ1) is 11.5. The maximum Gasteiger partial charge on any atom is 0.263 e. The number of sulfonamides is 1. The van der Waals surface area contributed by atoms with Crippen molar-refractivity contribution in [2.75, 3.05) is 4.72 Å². The lowest BCUT2D eigenvalue weighted by atomic mass is 10.1. The average Bonchev–Trinajstić information content (AvgIpc) is 3.00. The van der Waals surface area contributed by atoms with Gasteiger partial charge in [-0.15, -0.1) is 0 Å². The van der Waals surface area contributed by atoms with Crippen molar-refractivity contribution in [1.82, 2.24) is 19.7 Å². The van der Waals surface area contributed by atoms with E-state index < -0.39 is 10.0 Å². The molecule has 0 aliphatic rings. The number of hydrogen-bond donors (Lipinski definition) is 1. The summed E-state index contributed by atoms with van der Waals surface area (Å²) in [6.07, 6.45) is 3.16. The Morgan fingerprint density at radius 2 is 1.71 bits per heavy atom. The number of rotatable bonds is 5. The third-order valence-corrected chi connectivity index (χ3v) is 4.72. The van der Waals surface area contributed by atoms with Gasteiger partial charge >= 0.3 is 0 Å². The third kappa shape index (κ3) is 3.28. The maximum absolute atomic E-state index is 12.6. The van der Waals surface area contributed by atoms with Crippen molar-refractivity contribution in [3.05, 3.63) is 60.6 Å². The van der Waals surface area contributed by atoms with Gasteiger partial charge in [-0.1, -0.05) is 32.0 Å². The molecular weight excluding hydrogens is 326 g/mol. The second-order valence-electron chi connectivity index (χ2n) is 5.49. The van der Waals surface area contributed by atoms with Crippen LogP contribution in [0.2, 0.25) is 0 Å². The van der Waals surface area contributed by atoms with Gasteiger partial charge < -0.3 is 0 Å². The van der Waals surface area contributed by atoms with Crippen LogP contribution in [0.15, 0.2) is 59.8 Å². The van der Waals surface area contributed by atoms with Crippen LogP contribution in [0, 0.1) is 0 Å². The molecule has 7 nitrogen and oxygen atoms in total. The molecule has 0 radical (unpaired) electrons. The maximum atomic E-state index is 12.6. The number of anilines is 1. The van der Waals surface area contributed by atoms with Gasteiger partial charge in [0.25, 0.3) is 16.0 Å². The number of nitrogens with zero attached hydrogens (tertiary/aromatic N) is 4. The molecule has 3 rings (SSSR count). The normalized spacial score (nSPS) is 11.6. The van der Waals surface area contributed by atoms with E-state index >= 15 is 0 Å². The number of benzene rings is 1. The van der Waals surface area contributed by atoms with Crippen molar-refractivity contribution >= 4 is 15.8 Å². The molecule has 1 aromatic carbocycles. The van der Waals surface area contributed by atoms with Crippen LogP contribution >= 0.6 is 0 Å². The van der Waals surface area contributed by atoms with Crippen molar-refractivity contribution in [3.8, 4) is 5.95 Å². The van der Waals surface area contributed by atoms with Gasteiger partial charge in [0.2, 0.25) is 0 Å². The minimum Gasteiger partial charge on any atom is -0.263 e. The highest BCUT2D eigenvalue weighted by Gasteiger charge is 2.20. The monoisotopic (exact) mass is 343 g/mol. The lowest BCUT2D eigenvalue weighted by molar-refractivity contribution is 0.600. The van der Waals surface area contributed by atoms with Gasteiger partial charge in [0.15, 0.2) is 0 Å². The average molecular weight is 343 g/mol. The molecule has 0 aliphatic heterocycles. The van der Waals surface area contributed by atoms with E-state index in [2.05, 4.69) is 19.8 Å². The van der Waals surface area contributed by atoms with Crippen LogP contribution in [0.4, 0.5) is 5.82 Å². The molecule has 0 amide bonds. The van der Waals surface area contributed by atoms with Gasteiger partial charge in [-0.3, -0.25) is 4.72 Å². The van der Waals surface area contributed by atoms with Crippen LogP contribution < -0.4 is 4.72 Å². The second kappa shape index (κ2) is 6.40. The van der Waals surface area contributed by atoms with E-state index in [9.17, 15) is 8.42 Å². The van der Waals surface area contributed by atoms with Crippen LogP contribution in [0.1, 0.15) is 25.5 Å². The van der Waals surface area contributed by atoms with Gasteiger partial charge in [0.1, 0.15) is 5.82 Å². The minimum atomic E-state index is -3.72. The summed E-state index contributed by atoms with van der Waals surface area (Å²) < 4.78 is 29.1. The SMILES string of the molecule is CC(C)c1cc(NS(=O)(=O)c2ccccc2)n(-c2ncccn2)n1. The molecule has 3 aromatic rings. The number of aromatic nitrogens is 4. The van der Waals surface area contributed by atoms with Crippen molar-refractivity contribution in [2.24, 2.45) is 0 Å². The summed E-state index contributed by atoms with van der Waals surface area (Å²) in [5.41, 5.74) is 0.744. The second-order valence-corrected chi connectivity index (χ2v) is 7.17. The van der Waals surface area contributed by atoms with Crippen LogP contribution in [-0.4, -0.2) is 28.2 Å². The van der Waals surface area contributed by atoms with E-state index in [1.54, 1.807) is 42.7 Å². The van der Waals surface area contributed by atoms with Gasteiger partial charge in [-0.25, -0.2) is 18.4 Å². The van der Waals surface area contributed by atoms with Crippen molar-refractivity contribution in [3.63, 3.8) is 0 Å². The van der Waals surface area contributed by atoms with E-state index in [4.69, 9.17) is 0 Å². The predicted molar refractivity (Wildman–Crippen MR) is 90.5 cm³/mol. The molecule has 8 heteroatoms. The Morgan fingerprint density at radius 3 is 2.33 bits per heavy atom. The van der Waals surface area contributed by atoms with Crippen molar-refractivity contribution < 1.29 is 8.42 Å². The molecule has 124 valence electrons. The molecule has 1 N–H and O–H groups in total. The summed E-state index contributed by atoms with van der Waals surface area (Å²) >= 11 is 0. The summed E-state index contributed by atoms with van der Waals surface area (Å²) in [4.78, 5) is 8.46. The zero-order valence-electron chi connectivity index (χ0n) is 13.3. The highest BCUT2D eigenvalue weighted by Crippen LogP contribution is 2.23. The zero-order chi connectivity index (χ0) is 17.2. The molecule has 0 atom stereocenters. The summed E-state index contributed by atoms with van der Waals surface area (Å²) in [5.74, 6) is 0.735. The quantitative estimate of drug-likeness (QED) is 0.769. The van der Waals surface area contributed by atoms with Crippen molar-refractivity contribution in [2.45, 2.75) is 24.7 Å². The topological polar surface area (TPSA) is 89.8 Å². The highest BCUT2D eigenvalue weighted by molar-refractivity contribution is 7.92. The molecule has 0 unspecified atom stereocenters. The first kappa shape index (κ1) is 16.1. The molecule has 0 fully saturated rings. The van der Waals surface area contributed by atoms with Crippen LogP contribution in [-0.2, 0) is 10.0 Å². The fraction of sp³-hybridized carbons (Fsp3) is 0.188. The Kier molecular flexibility index (Phi) is 4.30. The predicted octanol–water partition coefficient (Wildman–Crippen LogP) is 2.59. The molecule has 0 aliphatic carbocycles. The first-order valence-corrected chi connectivity index (χ1v) is 8.91. The molecular formula is C16H17N5O2S. The minimum absolute atomic E-state index is 0.134. The van der Waals surface area contributed by atoms with Gasteiger partial charge in [0.05, 0.1) is 10.6 Å². The van der Waals surface area contributed by atoms with Gasteiger partial charge in [0, 0.05) is 18.5 Å². The van der Waals surface area contributed by atoms with Crippen LogP contribution in [0.5, 0.6) is 0 Å². The third-order valence-electron chi connectivity index (χ3n) is 3.35. The van der Waals surface area contributed by atoms with Crippen LogP contribution in [0.25, 0.3) is 5.95 Å². The van der Waals surface area contributed by atoms with Crippen molar-refractivity contribution in [1.29, 1.82) is 0 Å². The Balaban J connectivity index is 2.04. The first-order valence-electron chi connectivity index (χ1n) is 7.42. The lowest BCUT2D eigenvalue weighted by Gasteiger charge is -2.09. The standard InChI is InChI=1S/C16H17N5O2S/c1-12(2)14-11-15(21(19-14)16-17-9-6-10-18-16)20-24(22,23)13-7-4-3-5-8-13/h3-12,20H,1-2H3. The smallest absolute Gasteiger partial charge is 0.263 e. The van der Waals surface area contributed by atoms with E-state index in [1.165, 1.54) is 16.8 Å². The molecule has 0 saturated carbocycles. The molecule has 2 aromatic heterocycles. The number of hydrogen-bond acceptors (Lipinski definition) is 5. The highest BCUT2D eigenvalue weighted by atomic mass is 32.2. The van der Waals surface area contributed by atoms with E-state index in [0.29, 0.717) is 11.8 Å². The number of nitrogens with one attached hydrogen (secondary N) is 1. The lowest BCUT2D eigenvalue weighted by Crippen LogP contribution is -2.16. The summed E-state index contributed by atoms with van der Waals surface area (Å²) in [6.45, 7) is 3.96. The molecule has 0 spiro atoms. The zero-order valence-corrected chi connectivity index (χ0v) is 14.1.